The van der Waals surface area contributed by atoms with Gasteiger partial charge in [0, 0.05) is 13.1 Å². The number of fused-ring (bicyclic) bond motifs is 1. The Morgan fingerprint density at radius 2 is 1.92 bits per heavy atom. The van der Waals surface area contributed by atoms with E-state index in [0.29, 0.717) is 19.5 Å². The van der Waals surface area contributed by atoms with Crippen LogP contribution >= 0.6 is 0 Å². The standard InChI is InChI=1S/C19H18FNO4/c1-25-17-10-14-6-7-21(11-15(14)9-16(17)20)18(22)8-12-2-4-13(5-3-12)19(23)24/h2-5,9-10H,6-8,11H2,1H3,(H,23,24). The van der Waals surface area contributed by atoms with Crippen molar-refractivity contribution in [2.75, 3.05) is 13.7 Å². The van der Waals surface area contributed by atoms with Gasteiger partial charge < -0.3 is 14.7 Å². The number of nitrogens with zero attached hydrogens (tertiary/aromatic N) is 1. The fourth-order valence-corrected chi connectivity index (χ4v) is 2.98. The predicted molar refractivity (Wildman–Crippen MR) is 89.2 cm³/mol. The van der Waals surface area contributed by atoms with Crippen molar-refractivity contribution in [1.82, 2.24) is 4.90 Å². The molecule has 6 heteroatoms. The first-order valence-corrected chi connectivity index (χ1v) is 7.93. The van der Waals surface area contributed by atoms with Gasteiger partial charge in [-0.2, -0.15) is 0 Å². The Morgan fingerprint density at radius 1 is 1.20 bits per heavy atom. The van der Waals surface area contributed by atoms with Gasteiger partial charge in [0.2, 0.25) is 5.91 Å². The van der Waals surface area contributed by atoms with Crippen molar-refractivity contribution >= 4 is 11.9 Å². The lowest BCUT2D eigenvalue weighted by molar-refractivity contribution is -0.131. The molecule has 0 aliphatic carbocycles. The van der Waals surface area contributed by atoms with Gasteiger partial charge in [0.25, 0.3) is 0 Å². The van der Waals surface area contributed by atoms with E-state index in [0.717, 1.165) is 16.7 Å². The lowest BCUT2D eigenvalue weighted by Gasteiger charge is -2.29. The molecule has 1 aliphatic rings. The second-order valence-corrected chi connectivity index (χ2v) is 6.00. The molecule has 5 nitrogen and oxygen atoms in total. The second kappa shape index (κ2) is 6.93. The number of aromatic carboxylic acids is 1. The van der Waals surface area contributed by atoms with Crippen LogP contribution in [0.5, 0.6) is 5.75 Å². The highest BCUT2D eigenvalue weighted by Crippen LogP contribution is 2.27. The van der Waals surface area contributed by atoms with E-state index in [-0.39, 0.29) is 23.6 Å². The molecule has 0 bridgehead atoms. The van der Waals surface area contributed by atoms with Gasteiger partial charge in [-0.25, -0.2) is 9.18 Å². The molecule has 0 fully saturated rings. The molecule has 0 radical (unpaired) electrons. The number of carboxylic acid groups (broad SMARTS) is 1. The second-order valence-electron chi connectivity index (χ2n) is 6.00. The van der Waals surface area contributed by atoms with Crippen LogP contribution in [-0.4, -0.2) is 35.5 Å². The molecule has 0 saturated carbocycles. The zero-order valence-corrected chi connectivity index (χ0v) is 13.8. The van der Waals surface area contributed by atoms with Crippen LogP contribution in [-0.2, 0) is 24.2 Å². The fraction of sp³-hybridized carbons (Fsp3) is 0.263. The highest BCUT2D eigenvalue weighted by atomic mass is 19.1. The molecule has 1 heterocycles. The average Bonchev–Trinajstić information content (AvgIpc) is 2.61. The van der Waals surface area contributed by atoms with Crippen LogP contribution in [0, 0.1) is 5.82 Å². The summed E-state index contributed by atoms with van der Waals surface area (Å²) < 4.78 is 18.9. The van der Waals surface area contributed by atoms with Gasteiger partial charge in [-0.1, -0.05) is 12.1 Å². The molecule has 0 unspecified atom stereocenters. The van der Waals surface area contributed by atoms with Crippen molar-refractivity contribution in [2.24, 2.45) is 0 Å². The van der Waals surface area contributed by atoms with Gasteiger partial charge in [-0.3, -0.25) is 4.79 Å². The van der Waals surface area contributed by atoms with Crippen molar-refractivity contribution in [3.63, 3.8) is 0 Å². The monoisotopic (exact) mass is 343 g/mol. The lowest BCUT2D eigenvalue weighted by Crippen LogP contribution is -2.37. The third kappa shape index (κ3) is 3.63. The maximum absolute atomic E-state index is 13.9. The summed E-state index contributed by atoms with van der Waals surface area (Å²) in [7, 11) is 1.43. The Labute approximate surface area is 144 Å². The van der Waals surface area contributed by atoms with Gasteiger partial charge in [-0.05, 0) is 47.4 Å². The Hall–Kier alpha value is -2.89. The van der Waals surface area contributed by atoms with E-state index in [9.17, 15) is 14.0 Å². The molecule has 1 amide bonds. The van der Waals surface area contributed by atoms with Crippen LogP contribution in [0.3, 0.4) is 0 Å². The van der Waals surface area contributed by atoms with Crippen LogP contribution in [0.25, 0.3) is 0 Å². The maximum Gasteiger partial charge on any atom is 0.335 e. The Bertz CT molecular complexity index is 817. The molecular weight excluding hydrogens is 325 g/mol. The summed E-state index contributed by atoms with van der Waals surface area (Å²) in [5.74, 6) is -1.27. The first-order chi connectivity index (χ1) is 12.0. The number of carbonyl (C=O) groups excluding carboxylic acids is 1. The minimum atomic E-state index is -0.997. The first-order valence-electron chi connectivity index (χ1n) is 7.93. The summed E-state index contributed by atoms with van der Waals surface area (Å²) in [6, 6.07) is 9.37. The van der Waals surface area contributed by atoms with Crippen molar-refractivity contribution in [2.45, 2.75) is 19.4 Å². The summed E-state index contributed by atoms with van der Waals surface area (Å²) in [6.45, 7) is 0.927. The summed E-state index contributed by atoms with van der Waals surface area (Å²) in [6.07, 6.45) is 0.837. The zero-order chi connectivity index (χ0) is 18.0. The molecule has 3 rings (SSSR count). The van der Waals surface area contributed by atoms with Gasteiger partial charge in [0.1, 0.15) is 0 Å². The molecule has 0 aromatic heterocycles. The number of hydrogen-bond acceptors (Lipinski definition) is 3. The Morgan fingerprint density at radius 3 is 2.56 bits per heavy atom. The minimum Gasteiger partial charge on any atom is -0.494 e. The highest BCUT2D eigenvalue weighted by molar-refractivity contribution is 5.87. The molecular formula is C19H18FNO4. The van der Waals surface area contributed by atoms with Crippen molar-refractivity contribution in [3.05, 3.63) is 64.5 Å². The predicted octanol–water partition coefficient (Wildman–Crippen LogP) is 2.66. The van der Waals surface area contributed by atoms with E-state index in [1.54, 1.807) is 23.1 Å². The minimum absolute atomic E-state index is 0.0649. The largest absolute Gasteiger partial charge is 0.494 e. The summed E-state index contributed by atoms with van der Waals surface area (Å²) in [4.78, 5) is 25.0. The lowest BCUT2D eigenvalue weighted by atomic mass is 9.98. The Kier molecular flexibility index (Phi) is 4.70. The molecule has 2 aromatic carbocycles. The van der Waals surface area contributed by atoms with Gasteiger partial charge in [0.15, 0.2) is 11.6 Å². The summed E-state index contributed by atoms with van der Waals surface area (Å²) in [5, 5.41) is 8.90. The molecule has 0 saturated heterocycles. The van der Waals surface area contributed by atoms with Crippen molar-refractivity contribution in [1.29, 1.82) is 0 Å². The highest BCUT2D eigenvalue weighted by Gasteiger charge is 2.22. The maximum atomic E-state index is 13.9. The topological polar surface area (TPSA) is 66.8 Å². The average molecular weight is 343 g/mol. The smallest absolute Gasteiger partial charge is 0.335 e. The van der Waals surface area contributed by atoms with Crippen LogP contribution in [0.1, 0.15) is 27.0 Å². The van der Waals surface area contributed by atoms with E-state index in [1.165, 1.54) is 25.3 Å². The van der Waals surface area contributed by atoms with Crippen LogP contribution in [0.4, 0.5) is 4.39 Å². The molecule has 2 aromatic rings. The Balaban J connectivity index is 1.70. The number of amides is 1. The number of halogens is 1. The number of rotatable bonds is 4. The normalized spacial score (nSPS) is 13.3. The molecule has 25 heavy (non-hydrogen) atoms. The van der Waals surface area contributed by atoms with Crippen molar-refractivity contribution in [3.8, 4) is 5.75 Å². The molecule has 1 N–H and O–H groups in total. The van der Waals surface area contributed by atoms with Crippen LogP contribution in [0.15, 0.2) is 36.4 Å². The summed E-state index contributed by atoms with van der Waals surface area (Å²) in [5.41, 5.74) is 2.72. The van der Waals surface area contributed by atoms with E-state index in [1.807, 2.05) is 0 Å². The number of ether oxygens (including phenoxy) is 1. The number of benzene rings is 2. The van der Waals surface area contributed by atoms with E-state index in [2.05, 4.69) is 0 Å². The first kappa shape index (κ1) is 17.0. The number of carboxylic acids is 1. The van der Waals surface area contributed by atoms with Crippen molar-refractivity contribution < 1.29 is 23.8 Å². The SMILES string of the molecule is COc1cc2c(cc1F)CN(C(=O)Cc1ccc(C(=O)O)cc1)CC2. The van der Waals surface area contributed by atoms with Gasteiger partial charge in [0.05, 0.1) is 19.1 Å². The zero-order valence-electron chi connectivity index (χ0n) is 13.8. The van der Waals surface area contributed by atoms with E-state index >= 15 is 0 Å². The molecule has 0 atom stereocenters. The third-order valence-electron chi connectivity index (χ3n) is 4.40. The fourth-order valence-electron chi connectivity index (χ4n) is 2.98. The van der Waals surface area contributed by atoms with Gasteiger partial charge in [-0.15, -0.1) is 0 Å². The van der Waals surface area contributed by atoms with E-state index in [4.69, 9.17) is 9.84 Å². The third-order valence-corrected chi connectivity index (χ3v) is 4.40. The quantitative estimate of drug-likeness (QED) is 0.927. The molecule has 1 aliphatic heterocycles. The number of methoxy groups -OCH3 is 1. The van der Waals surface area contributed by atoms with E-state index < -0.39 is 11.8 Å². The molecule has 130 valence electrons. The van der Waals surface area contributed by atoms with Gasteiger partial charge >= 0.3 is 5.97 Å². The number of carbonyl (C=O) groups is 2. The number of hydrogen-bond donors (Lipinski definition) is 1. The molecule has 0 spiro atoms. The van der Waals surface area contributed by atoms with Crippen LogP contribution in [0.2, 0.25) is 0 Å². The summed E-state index contributed by atoms with van der Waals surface area (Å²) >= 11 is 0. The van der Waals surface area contributed by atoms with Crippen LogP contribution < -0.4 is 4.74 Å².